The number of nitrogens with one attached hydrogen (secondary N) is 1. The van der Waals surface area contributed by atoms with Gasteiger partial charge in [-0.25, -0.2) is 0 Å². The number of rotatable bonds is 4. The zero-order valence-corrected chi connectivity index (χ0v) is 10.9. The molecule has 0 spiro atoms. The van der Waals surface area contributed by atoms with Crippen LogP contribution in [0.3, 0.4) is 0 Å². The maximum atomic E-state index is 3.37. The molecule has 0 aromatic carbocycles. The Balaban J connectivity index is 1.33. The van der Waals surface area contributed by atoms with Crippen LogP contribution >= 0.6 is 0 Å². The van der Waals surface area contributed by atoms with Crippen molar-refractivity contribution in [3.8, 4) is 0 Å². The van der Waals surface area contributed by atoms with Crippen LogP contribution in [0.2, 0.25) is 0 Å². The first-order valence-electron chi connectivity index (χ1n) is 7.31. The Morgan fingerprint density at radius 1 is 0.765 bits per heavy atom. The lowest BCUT2D eigenvalue weighted by atomic mass is 10.1. The molecule has 3 aliphatic heterocycles. The molecule has 0 radical (unpaired) electrons. The van der Waals surface area contributed by atoms with Crippen LogP contribution in [-0.4, -0.2) is 86.2 Å². The van der Waals surface area contributed by atoms with Crippen molar-refractivity contribution in [3.05, 3.63) is 0 Å². The summed E-state index contributed by atoms with van der Waals surface area (Å²) in [6, 6.07) is 0.843. The van der Waals surface area contributed by atoms with E-state index in [1.165, 1.54) is 78.3 Å². The Bertz CT molecular complexity index is 228. The van der Waals surface area contributed by atoms with Crippen molar-refractivity contribution in [1.82, 2.24) is 20.0 Å². The van der Waals surface area contributed by atoms with E-state index in [0.717, 1.165) is 6.04 Å². The summed E-state index contributed by atoms with van der Waals surface area (Å²) in [5.74, 6) is 0. The Hall–Kier alpha value is -0.160. The zero-order valence-electron chi connectivity index (χ0n) is 10.9. The van der Waals surface area contributed by atoms with Gasteiger partial charge in [-0.15, -0.1) is 0 Å². The molecule has 3 fully saturated rings. The van der Waals surface area contributed by atoms with Crippen LogP contribution in [0, 0.1) is 0 Å². The summed E-state index contributed by atoms with van der Waals surface area (Å²) in [5, 5.41) is 3.37. The van der Waals surface area contributed by atoms with E-state index in [4.69, 9.17) is 0 Å². The number of hydrogen-bond acceptors (Lipinski definition) is 4. The van der Waals surface area contributed by atoms with E-state index in [9.17, 15) is 0 Å². The third kappa shape index (κ3) is 2.99. The molecular weight excluding hydrogens is 212 g/mol. The summed E-state index contributed by atoms with van der Waals surface area (Å²) in [4.78, 5) is 7.95. The highest BCUT2D eigenvalue weighted by Gasteiger charge is 2.27. The average molecular weight is 238 g/mol. The van der Waals surface area contributed by atoms with E-state index in [0.29, 0.717) is 0 Å². The van der Waals surface area contributed by atoms with Gasteiger partial charge in [0.25, 0.3) is 0 Å². The Morgan fingerprint density at radius 2 is 1.35 bits per heavy atom. The fraction of sp³-hybridized carbons (Fsp3) is 1.00. The minimum Gasteiger partial charge on any atom is -0.314 e. The molecule has 3 aliphatic rings. The maximum Gasteiger partial charge on any atom is 0.0346 e. The number of nitrogens with zero attached hydrogens (tertiary/aromatic N) is 3. The number of hydrogen-bond donors (Lipinski definition) is 1. The van der Waals surface area contributed by atoms with Gasteiger partial charge in [0, 0.05) is 58.4 Å². The van der Waals surface area contributed by atoms with Crippen LogP contribution in [-0.2, 0) is 0 Å². The number of likely N-dealkylation sites (tertiary alicyclic amines) is 1. The lowest BCUT2D eigenvalue weighted by Crippen LogP contribution is -2.61. The predicted molar refractivity (Wildman–Crippen MR) is 70.3 cm³/mol. The van der Waals surface area contributed by atoms with Crippen molar-refractivity contribution in [2.45, 2.75) is 18.9 Å². The van der Waals surface area contributed by atoms with E-state index in [1.54, 1.807) is 0 Å². The topological polar surface area (TPSA) is 21.8 Å². The van der Waals surface area contributed by atoms with Crippen molar-refractivity contribution < 1.29 is 0 Å². The molecule has 0 aromatic rings. The van der Waals surface area contributed by atoms with Gasteiger partial charge in [-0.2, -0.15) is 0 Å². The molecule has 0 aliphatic carbocycles. The third-order valence-corrected chi connectivity index (χ3v) is 4.61. The SMILES string of the molecule is C1CCN(CCN2CCN(C3CNC3)CC2)C1. The van der Waals surface area contributed by atoms with Crippen molar-refractivity contribution in [2.75, 3.05) is 65.4 Å². The van der Waals surface area contributed by atoms with Gasteiger partial charge in [-0.3, -0.25) is 9.80 Å². The maximum absolute atomic E-state index is 3.37. The molecule has 4 nitrogen and oxygen atoms in total. The van der Waals surface area contributed by atoms with E-state index in [1.807, 2.05) is 0 Å². The van der Waals surface area contributed by atoms with Gasteiger partial charge in [0.2, 0.25) is 0 Å². The van der Waals surface area contributed by atoms with Crippen LogP contribution in [0.25, 0.3) is 0 Å². The first-order chi connectivity index (χ1) is 8.42. The molecule has 98 valence electrons. The fourth-order valence-corrected chi connectivity index (χ4v) is 3.17. The van der Waals surface area contributed by atoms with Crippen LogP contribution in [0.4, 0.5) is 0 Å². The fourth-order valence-electron chi connectivity index (χ4n) is 3.17. The molecular formula is C13H26N4. The van der Waals surface area contributed by atoms with Crippen molar-refractivity contribution in [3.63, 3.8) is 0 Å². The lowest BCUT2D eigenvalue weighted by molar-refractivity contribution is 0.0688. The standard InChI is InChI=1S/C13H26N4/c1-2-4-15(3-1)5-6-16-7-9-17(10-8-16)13-11-14-12-13/h13-14H,1-12H2. The second-order valence-corrected chi connectivity index (χ2v) is 5.74. The molecule has 0 bridgehead atoms. The minimum atomic E-state index is 0.843. The summed E-state index contributed by atoms with van der Waals surface area (Å²) in [5.41, 5.74) is 0. The second kappa shape index (κ2) is 5.65. The summed E-state index contributed by atoms with van der Waals surface area (Å²) in [6.45, 7) is 12.8. The third-order valence-electron chi connectivity index (χ3n) is 4.61. The molecule has 0 unspecified atom stereocenters. The normalized spacial score (nSPS) is 29.6. The average Bonchev–Trinajstić information content (AvgIpc) is 2.79. The molecule has 17 heavy (non-hydrogen) atoms. The van der Waals surface area contributed by atoms with Gasteiger partial charge in [0.1, 0.15) is 0 Å². The zero-order chi connectivity index (χ0) is 11.5. The van der Waals surface area contributed by atoms with Gasteiger partial charge in [-0.1, -0.05) is 0 Å². The Labute approximate surface area is 105 Å². The van der Waals surface area contributed by atoms with Crippen LogP contribution in [0.1, 0.15) is 12.8 Å². The highest BCUT2D eigenvalue weighted by molar-refractivity contribution is 4.87. The van der Waals surface area contributed by atoms with Gasteiger partial charge >= 0.3 is 0 Å². The van der Waals surface area contributed by atoms with Gasteiger partial charge < -0.3 is 10.2 Å². The van der Waals surface area contributed by atoms with Gasteiger partial charge in [-0.05, 0) is 25.9 Å². The van der Waals surface area contributed by atoms with Crippen LogP contribution in [0.15, 0.2) is 0 Å². The second-order valence-electron chi connectivity index (χ2n) is 5.74. The van der Waals surface area contributed by atoms with Gasteiger partial charge in [0.15, 0.2) is 0 Å². The van der Waals surface area contributed by atoms with Crippen LogP contribution in [0.5, 0.6) is 0 Å². The number of piperazine rings is 1. The van der Waals surface area contributed by atoms with Crippen molar-refractivity contribution >= 4 is 0 Å². The first-order valence-corrected chi connectivity index (χ1v) is 7.31. The molecule has 0 saturated carbocycles. The molecule has 3 rings (SSSR count). The molecule has 0 aromatic heterocycles. The molecule has 4 heteroatoms. The molecule has 1 N–H and O–H groups in total. The predicted octanol–water partition coefficient (Wildman–Crippen LogP) is -0.328. The lowest BCUT2D eigenvalue weighted by Gasteiger charge is -2.43. The smallest absolute Gasteiger partial charge is 0.0346 e. The van der Waals surface area contributed by atoms with Crippen molar-refractivity contribution in [2.24, 2.45) is 0 Å². The largest absolute Gasteiger partial charge is 0.314 e. The van der Waals surface area contributed by atoms with Crippen molar-refractivity contribution in [1.29, 1.82) is 0 Å². The summed E-state index contributed by atoms with van der Waals surface area (Å²) in [6.07, 6.45) is 2.84. The summed E-state index contributed by atoms with van der Waals surface area (Å²) < 4.78 is 0. The molecule has 0 atom stereocenters. The highest BCUT2D eigenvalue weighted by atomic mass is 15.3. The first kappa shape index (κ1) is 11.9. The Morgan fingerprint density at radius 3 is 1.88 bits per heavy atom. The van der Waals surface area contributed by atoms with Gasteiger partial charge in [0.05, 0.1) is 0 Å². The highest BCUT2D eigenvalue weighted by Crippen LogP contribution is 2.11. The molecule has 0 amide bonds. The quantitative estimate of drug-likeness (QED) is 0.724. The van der Waals surface area contributed by atoms with E-state index < -0.39 is 0 Å². The summed E-state index contributed by atoms with van der Waals surface area (Å²) in [7, 11) is 0. The van der Waals surface area contributed by atoms with E-state index >= 15 is 0 Å². The van der Waals surface area contributed by atoms with E-state index in [2.05, 4.69) is 20.0 Å². The van der Waals surface area contributed by atoms with E-state index in [-0.39, 0.29) is 0 Å². The van der Waals surface area contributed by atoms with Crippen LogP contribution < -0.4 is 5.32 Å². The minimum absolute atomic E-state index is 0.843. The summed E-state index contributed by atoms with van der Waals surface area (Å²) >= 11 is 0. The molecule has 3 heterocycles. The molecule has 3 saturated heterocycles. The Kier molecular flexibility index (Phi) is 3.96. The monoisotopic (exact) mass is 238 g/mol.